The summed E-state index contributed by atoms with van der Waals surface area (Å²) in [6, 6.07) is 40.6. The molecule has 1 atom stereocenters. The van der Waals surface area contributed by atoms with Crippen LogP contribution in [0.4, 0.5) is 87.8 Å². The lowest BCUT2D eigenvalue weighted by Gasteiger charge is -2.44. The first-order chi connectivity index (χ1) is 34.9. The molecule has 0 heterocycles. The first kappa shape index (κ1) is 54.8. The molecule has 0 aliphatic rings. The Bertz CT molecular complexity index is 3040. The fraction of sp³-hybridized carbons (Fsp3) is 0.0400. The minimum atomic E-state index is -7.22. The molecule has 74 heavy (non-hydrogen) atoms. The minimum Gasteiger partial charge on any atom is -0.255 e. The molecule has 0 N–H and O–H groups in total. The predicted octanol–water partition coefficient (Wildman–Crippen LogP) is 10.8. The van der Waals surface area contributed by atoms with Gasteiger partial charge in [-0.2, -0.15) is 0 Å². The Morgan fingerprint density at radius 3 is 0.743 bits per heavy atom. The summed E-state index contributed by atoms with van der Waals surface area (Å²) in [7, 11) is -3.00. The fourth-order valence-corrected chi connectivity index (χ4v) is 14.0. The Morgan fingerprint density at radius 2 is 0.514 bits per heavy atom. The summed E-state index contributed by atoms with van der Waals surface area (Å²) in [5.41, 5.74) is -13.2. The van der Waals surface area contributed by atoms with Crippen molar-refractivity contribution in [2.45, 2.75) is 11.1 Å². The second-order valence-electron chi connectivity index (χ2n) is 15.8. The maximum absolute atomic E-state index is 15.4. The van der Waals surface area contributed by atoms with Gasteiger partial charge in [-0.1, -0.05) is 72.8 Å². The normalized spacial score (nSPS) is 12.2. The van der Waals surface area contributed by atoms with E-state index in [9.17, 15) is 56.9 Å². The van der Waals surface area contributed by atoms with Crippen LogP contribution in [0, 0.1) is 116 Å². The second-order valence-corrected chi connectivity index (χ2v) is 20.7. The lowest BCUT2D eigenvalue weighted by molar-refractivity contribution is 0.378. The monoisotopic (exact) mass is 1090 g/mol. The van der Waals surface area contributed by atoms with Gasteiger partial charge in [-0.15, -0.1) is 21.9 Å². The van der Waals surface area contributed by atoms with E-state index in [1.54, 1.807) is 6.26 Å². The highest BCUT2D eigenvalue weighted by molar-refractivity contribution is 7.95. The standard InChI is InChI=1S/C26H24OPS.C24BF20/c1-29(27)26-20-12-11-13-22(26)21-28(23-14-5-2-6-15-23,24-16-7-3-8-17-24)25-18-9-4-10-19-25;26-5-1(6(27)14(35)21(42)13(5)34)25(2-7(28)15(36)22(43)16(37)8(2)29,3-9(30)17(38)23(44)18(39)10(3)31)4-11(32)19(40)24(45)20(41)12(4)33/h2-20H,21H2,1H3;/q+1;-1. The molecule has 0 amide bonds. The third-order valence-corrected chi connectivity index (χ3v) is 17.4. The molecule has 0 aromatic heterocycles. The lowest BCUT2D eigenvalue weighted by atomic mass is 9.12. The summed E-state index contributed by atoms with van der Waals surface area (Å²) in [4.78, 5) is 0.930. The maximum Gasteiger partial charge on any atom is 0.200 e. The zero-order valence-corrected chi connectivity index (χ0v) is 38.3. The average molecular weight is 1090 g/mol. The van der Waals surface area contributed by atoms with Crippen LogP contribution in [0.25, 0.3) is 0 Å². The van der Waals surface area contributed by atoms with E-state index in [-0.39, 0.29) is 0 Å². The van der Waals surface area contributed by atoms with E-state index in [0.29, 0.717) is 0 Å². The second kappa shape index (κ2) is 21.1. The zero-order chi connectivity index (χ0) is 54.5. The summed E-state index contributed by atoms with van der Waals surface area (Å²) in [6.45, 7) is 0. The fourth-order valence-electron chi connectivity index (χ4n) is 8.81. The molecule has 8 aromatic carbocycles. The van der Waals surface area contributed by atoms with Crippen LogP contribution in [0.1, 0.15) is 5.56 Å². The third kappa shape index (κ3) is 8.70. The van der Waals surface area contributed by atoms with Crippen molar-refractivity contribution in [3.8, 4) is 0 Å². The average Bonchev–Trinajstić information content (AvgIpc) is 3.41. The first-order valence-corrected chi connectivity index (χ1v) is 24.1. The molecule has 24 heteroatoms. The van der Waals surface area contributed by atoms with Crippen molar-refractivity contribution in [1.29, 1.82) is 0 Å². The van der Waals surface area contributed by atoms with Gasteiger partial charge in [-0.25, -0.2) is 87.8 Å². The van der Waals surface area contributed by atoms with Crippen LogP contribution in [0.15, 0.2) is 120 Å². The van der Waals surface area contributed by atoms with E-state index in [2.05, 4.69) is 103 Å². The van der Waals surface area contributed by atoms with Crippen molar-refractivity contribution in [2.24, 2.45) is 0 Å². The number of rotatable bonds is 10. The van der Waals surface area contributed by atoms with E-state index < -0.39 is 162 Å². The zero-order valence-electron chi connectivity index (χ0n) is 36.6. The molecular weight excluding hydrogens is 1070 g/mol. The van der Waals surface area contributed by atoms with E-state index in [1.807, 2.05) is 12.1 Å². The van der Waals surface area contributed by atoms with Gasteiger partial charge in [0.05, 0.1) is 17.0 Å². The topological polar surface area (TPSA) is 17.1 Å². The van der Waals surface area contributed by atoms with Crippen LogP contribution in [0.5, 0.6) is 0 Å². The molecule has 1 unspecified atom stereocenters. The Labute approximate surface area is 407 Å². The van der Waals surface area contributed by atoms with Gasteiger partial charge in [0.25, 0.3) is 0 Å². The highest BCUT2D eigenvalue weighted by Crippen LogP contribution is 2.58. The summed E-state index contributed by atoms with van der Waals surface area (Å²) >= 11 is 0. The van der Waals surface area contributed by atoms with Gasteiger partial charge < -0.3 is 0 Å². The Hall–Kier alpha value is -7.00. The van der Waals surface area contributed by atoms with E-state index in [1.165, 1.54) is 21.5 Å². The Morgan fingerprint density at radius 1 is 0.311 bits per heavy atom. The van der Waals surface area contributed by atoms with Crippen molar-refractivity contribution in [1.82, 2.24) is 0 Å². The highest BCUT2D eigenvalue weighted by atomic mass is 32.2. The van der Waals surface area contributed by atoms with Gasteiger partial charge >= 0.3 is 0 Å². The largest absolute Gasteiger partial charge is 0.255 e. The van der Waals surface area contributed by atoms with Crippen LogP contribution in [-0.2, 0) is 17.0 Å². The van der Waals surface area contributed by atoms with Crippen molar-refractivity contribution in [3.63, 3.8) is 0 Å². The summed E-state index contributed by atoms with van der Waals surface area (Å²) in [5.74, 6) is -71.4. The van der Waals surface area contributed by atoms with Crippen LogP contribution < -0.4 is 37.8 Å². The highest BCUT2D eigenvalue weighted by Gasteiger charge is 2.53. The molecule has 8 aromatic rings. The molecule has 0 radical (unpaired) electrons. The molecule has 0 aliphatic heterocycles. The van der Waals surface area contributed by atoms with Crippen molar-refractivity contribution in [3.05, 3.63) is 237 Å². The van der Waals surface area contributed by atoms with Gasteiger partial charge in [0.1, 0.15) is 75.9 Å². The molecule has 0 saturated carbocycles. The van der Waals surface area contributed by atoms with Crippen molar-refractivity contribution in [2.75, 3.05) is 6.26 Å². The molecule has 8 rings (SSSR count). The summed E-state index contributed by atoms with van der Waals surface area (Å²) in [6.07, 6.45) is -4.60. The molecule has 0 fully saturated rings. The van der Waals surface area contributed by atoms with Gasteiger partial charge in [0.15, 0.2) is 69.8 Å². The SMILES string of the molecule is CS(=O)c1ccccc1C[P+](c1ccccc1)(c1ccccc1)c1ccccc1.Fc1c(F)c(F)c([B-](c2c(F)c(F)c(F)c(F)c2F)(c2c(F)c(F)c(F)c(F)c2F)c2c(F)c(F)c(F)c(F)c2F)c(F)c1F. The third-order valence-electron chi connectivity index (χ3n) is 12.0. The Kier molecular flexibility index (Phi) is 15.6. The maximum atomic E-state index is 15.4. The summed E-state index contributed by atoms with van der Waals surface area (Å²) < 4.78 is 306. The van der Waals surface area contributed by atoms with Gasteiger partial charge in [0.2, 0.25) is 0 Å². The van der Waals surface area contributed by atoms with Crippen LogP contribution in [0.3, 0.4) is 0 Å². The molecular formula is C50H24BF20OPS. The van der Waals surface area contributed by atoms with E-state index in [0.717, 1.165) is 11.1 Å². The smallest absolute Gasteiger partial charge is 0.200 e. The first-order valence-electron chi connectivity index (χ1n) is 20.6. The van der Waals surface area contributed by atoms with E-state index >= 15 is 35.1 Å². The summed E-state index contributed by atoms with van der Waals surface area (Å²) in [5, 5.41) is 4.03. The van der Waals surface area contributed by atoms with Gasteiger partial charge in [-0.05, 0) is 42.5 Å². The quantitative estimate of drug-likeness (QED) is 0.0439. The molecule has 0 bridgehead atoms. The number of halogens is 20. The van der Waals surface area contributed by atoms with Crippen LogP contribution in [0.2, 0.25) is 0 Å². The molecule has 0 spiro atoms. The van der Waals surface area contributed by atoms with Gasteiger partial charge in [0, 0.05) is 16.7 Å². The predicted molar refractivity (Wildman–Crippen MR) is 237 cm³/mol. The van der Waals surface area contributed by atoms with Crippen LogP contribution >= 0.6 is 7.26 Å². The molecule has 0 saturated heterocycles. The van der Waals surface area contributed by atoms with Gasteiger partial charge in [-0.3, -0.25) is 4.21 Å². The van der Waals surface area contributed by atoms with Crippen molar-refractivity contribution >= 4 is 62.0 Å². The lowest BCUT2D eigenvalue weighted by Crippen LogP contribution is -2.81. The minimum absolute atomic E-state index is 0.848. The number of hydrogen-bond acceptors (Lipinski definition) is 1. The molecule has 1 nitrogen and oxygen atoms in total. The van der Waals surface area contributed by atoms with Crippen LogP contribution in [-0.4, -0.2) is 16.6 Å². The number of hydrogen-bond donors (Lipinski definition) is 0. The Balaban J connectivity index is 0.000000237. The van der Waals surface area contributed by atoms with Crippen molar-refractivity contribution < 1.29 is 92.0 Å². The molecule has 384 valence electrons. The van der Waals surface area contributed by atoms with E-state index in [4.69, 9.17) is 0 Å². The number of benzene rings is 8. The molecule has 0 aliphatic carbocycles.